The smallest absolute Gasteiger partial charge is 0.268 e. The lowest BCUT2D eigenvalue weighted by Gasteiger charge is -2.13. The molecule has 0 aliphatic carbocycles. The Hall–Kier alpha value is -3.15. The van der Waals surface area contributed by atoms with Gasteiger partial charge in [-0.15, -0.1) is 0 Å². The van der Waals surface area contributed by atoms with Crippen LogP contribution in [0, 0.1) is 5.82 Å². The van der Waals surface area contributed by atoms with Crippen LogP contribution < -0.4 is 0 Å². The molecule has 0 bridgehead atoms. The van der Waals surface area contributed by atoms with E-state index in [1.165, 1.54) is 18.2 Å². The van der Waals surface area contributed by atoms with E-state index >= 15 is 0 Å². The first-order valence-corrected chi connectivity index (χ1v) is 10.8. The number of carbonyl (C=O) groups excluding carboxylic acids is 2. The van der Waals surface area contributed by atoms with Gasteiger partial charge < -0.3 is 0 Å². The summed E-state index contributed by atoms with van der Waals surface area (Å²) in [6.45, 7) is -0.00257. The molecule has 0 radical (unpaired) electrons. The molecule has 0 aromatic heterocycles. The summed E-state index contributed by atoms with van der Waals surface area (Å²) in [6.07, 6.45) is 1.79. The second-order valence-corrected chi connectivity index (χ2v) is 8.64. The maximum absolute atomic E-state index is 13.3. The maximum Gasteiger partial charge on any atom is 0.293 e. The third-order valence-corrected chi connectivity index (χ3v) is 6.56. The Morgan fingerprint density at radius 1 is 0.903 bits per heavy atom. The van der Waals surface area contributed by atoms with Crippen molar-refractivity contribution in [2.45, 2.75) is 6.54 Å². The average molecular weight is 448 g/mol. The molecule has 4 aromatic rings. The van der Waals surface area contributed by atoms with Gasteiger partial charge in [0.15, 0.2) is 0 Å². The van der Waals surface area contributed by atoms with Gasteiger partial charge in [-0.1, -0.05) is 66.2 Å². The van der Waals surface area contributed by atoms with Gasteiger partial charge in [0, 0.05) is 5.02 Å². The van der Waals surface area contributed by atoms with Crippen molar-refractivity contribution in [1.29, 1.82) is 0 Å². The molecule has 4 aromatic carbocycles. The lowest BCUT2D eigenvalue weighted by molar-refractivity contribution is -0.123. The quantitative estimate of drug-likeness (QED) is 0.250. The predicted octanol–water partition coefficient (Wildman–Crippen LogP) is 7.02. The summed E-state index contributed by atoms with van der Waals surface area (Å²) in [5, 5.41) is 3.95. The number of thioether (sulfide) groups is 1. The molecule has 1 fully saturated rings. The Kier molecular flexibility index (Phi) is 5.00. The summed E-state index contributed by atoms with van der Waals surface area (Å²) in [4.78, 5) is 27.2. The monoisotopic (exact) mass is 447 g/mol. The minimum absolute atomic E-state index is 0.00257. The Bertz CT molecular complexity index is 1360. The lowest BCUT2D eigenvalue weighted by atomic mass is 9.96. The van der Waals surface area contributed by atoms with Crippen LogP contribution in [0.25, 0.3) is 27.6 Å². The average Bonchev–Trinajstić information content (AvgIpc) is 3.02. The molecule has 0 spiro atoms. The number of halogens is 2. The van der Waals surface area contributed by atoms with Gasteiger partial charge in [-0.3, -0.25) is 14.5 Å². The zero-order valence-corrected chi connectivity index (χ0v) is 17.7. The molecule has 0 atom stereocenters. The molecular formula is C25H15ClFNO2S. The van der Waals surface area contributed by atoms with Gasteiger partial charge in [0.1, 0.15) is 5.82 Å². The second kappa shape index (κ2) is 7.84. The molecule has 1 aliphatic heterocycles. The number of benzene rings is 4. The largest absolute Gasteiger partial charge is 0.293 e. The minimum Gasteiger partial charge on any atom is -0.268 e. The molecule has 6 heteroatoms. The van der Waals surface area contributed by atoms with Crippen LogP contribution in [0.2, 0.25) is 5.02 Å². The maximum atomic E-state index is 13.3. The van der Waals surface area contributed by atoms with Crippen LogP contribution in [0.15, 0.2) is 77.7 Å². The van der Waals surface area contributed by atoms with Crippen molar-refractivity contribution in [3.63, 3.8) is 0 Å². The van der Waals surface area contributed by atoms with E-state index in [1.54, 1.807) is 6.08 Å². The molecule has 3 nitrogen and oxygen atoms in total. The fourth-order valence-corrected chi connectivity index (χ4v) is 4.84. The molecule has 1 saturated heterocycles. The Balaban J connectivity index is 1.58. The minimum atomic E-state index is -0.467. The van der Waals surface area contributed by atoms with Gasteiger partial charge in [0.2, 0.25) is 0 Å². The standard InChI is InChI=1S/C25H15ClFNO2S/c26-22-12-18(27)10-9-17(22)14-28-24(29)23(31-25(28)30)13-21-19-7-3-1-5-15(19)11-16-6-2-4-8-20(16)21/h1-13H,14H2/b23-13+. The highest BCUT2D eigenvalue weighted by molar-refractivity contribution is 8.18. The second-order valence-electron chi connectivity index (χ2n) is 7.24. The number of imide groups is 1. The Morgan fingerprint density at radius 2 is 1.55 bits per heavy atom. The first-order valence-electron chi connectivity index (χ1n) is 9.61. The first kappa shape index (κ1) is 19.8. The van der Waals surface area contributed by atoms with Crippen molar-refractivity contribution in [2.24, 2.45) is 0 Å². The van der Waals surface area contributed by atoms with Crippen molar-refractivity contribution in [1.82, 2.24) is 4.90 Å². The number of carbonyl (C=O) groups is 2. The topological polar surface area (TPSA) is 37.4 Å². The van der Waals surface area contributed by atoms with E-state index in [-0.39, 0.29) is 22.7 Å². The third kappa shape index (κ3) is 3.60. The fraction of sp³-hybridized carbons (Fsp3) is 0.0400. The van der Waals surface area contributed by atoms with Crippen molar-refractivity contribution in [2.75, 3.05) is 0 Å². The molecule has 1 heterocycles. The number of hydrogen-bond donors (Lipinski definition) is 0. The van der Waals surface area contributed by atoms with Gasteiger partial charge in [-0.2, -0.15) is 0 Å². The van der Waals surface area contributed by atoms with Gasteiger partial charge in [-0.05, 0) is 68.7 Å². The normalized spacial score (nSPS) is 15.5. The molecule has 0 saturated carbocycles. The summed E-state index contributed by atoms with van der Waals surface area (Å²) < 4.78 is 13.3. The van der Waals surface area contributed by atoms with Crippen molar-refractivity contribution < 1.29 is 14.0 Å². The van der Waals surface area contributed by atoms with E-state index in [9.17, 15) is 14.0 Å². The van der Waals surface area contributed by atoms with E-state index in [4.69, 9.17) is 11.6 Å². The van der Waals surface area contributed by atoms with Crippen LogP contribution in [-0.4, -0.2) is 16.0 Å². The molecule has 1 aliphatic rings. The van der Waals surface area contributed by atoms with Crippen LogP contribution in [0.4, 0.5) is 9.18 Å². The molecule has 152 valence electrons. The molecule has 0 unspecified atom stereocenters. The Morgan fingerprint density at radius 3 is 2.19 bits per heavy atom. The van der Waals surface area contributed by atoms with E-state index in [0.29, 0.717) is 10.5 Å². The molecule has 31 heavy (non-hydrogen) atoms. The number of nitrogens with zero attached hydrogens (tertiary/aromatic N) is 1. The fourth-order valence-electron chi connectivity index (χ4n) is 3.79. The van der Waals surface area contributed by atoms with Gasteiger partial charge in [0.25, 0.3) is 11.1 Å². The zero-order valence-electron chi connectivity index (χ0n) is 16.1. The number of hydrogen-bond acceptors (Lipinski definition) is 3. The van der Waals surface area contributed by atoms with Crippen LogP contribution in [0.1, 0.15) is 11.1 Å². The summed E-state index contributed by atoms with van der Waals surface area (Å²) in [7, 11) is 0. The lowest BCUT2D eigenvalue weighted by Crippen LogP contribution is -2.27. The zero-order chi connectivity index (χ0) is 21.5. The van der Waals surface area contributed by atoms with Crippen LogP contribution >= 0.6 is 23.4 Å². The highest BCUT2D eigenvalue weighted by Gasteiger charge is 2.35. The van der Waals surface area contributed by atoms with E-state index in [0.717, 1.165) is 43.8 Å². The molecule has 5 rings (SSSR count). The number of rotatable bonds is 3. The summed E-state index contributed by atoms with van der Waals surface area (Å²) in [6, 6.07) is 22.0. The molecule has 0 N–H and O–H groups in total. The van der Waals surface area contributed by atoms with Crippen LogP contribution in [0.3, 0.4) is 0 Å². The third-order valence-electron chi connectivity index (χ3n) is 5.31. The van der Waals surface area contributed by atoms with Crippen molar-refractivity contribution in [3.8, 4) is 0 Å². The van der Waals surface area contributed by atoms with Gasteiger partial charge >= 0.3 is 0 Å². The molecule has 2 amide bonds. The van der Waals surface area contributed by atoms with Gasteiger partial charge in [0.05, 0.1) is 11.4 Å². The summed E-state index contributed by atoms with van der Waals surface area (Å²) in [5.41, 5.74) is 1.42. The SMILES string of the molecule is O=C1S/C(=C/c2c3ccccc3cc3ccccc23)C(=O)N1Cc1ccc(F)cc1Cl. The number of amides is 2. The Labute approximate surface area is 187 Å². The highest BCUT2D eigenvalue weighted by Crippen LogP contribution is 2.37. The van der Waals surface area contributed by atoms with Crippen molar-refractivity contribution in [3.05, 3.63) is 99.7 Å². The highest BCUT2D eigenvalue weighted by atomic mass is 35.5. The van der Waals surface area contributed by atoms with E-state index < -0.39 is 5.82 Å². The van der Waals surface area contributed by atoms with E-state index in [1.807, 2.05) is 48.5 Å². The van der Waals surface area contributed by atoms with E-state index in [2.05, 4.69) is 6.07 Å². The van der Waals surface area contributed by atoms with Crippen molar-refractivity contribution >= 4 is 62.1 Å². The van der Waals surface area contributed by atoms with Crippen LogP contribution in [0.5, 0.6) is 0 Å². The van der Waals surface area contributed by atoms with Crippen LogP contribution in [-0.2, 0) is 11.3 Å². The summed E-state index contributed by atoms with van der Waals surface area (Å²) >= 11 is 6.99. The molecular weight excluding hydrogens is 433 g/mol. The first-order chi connectivity index (χ1) is 15.0. The van der Waals surface area contributed by atoms with Gasteiger partial charge in [-0.25, -0.2) is 4.39 Å². The number of fused-ring (bicyclic) bond motifs is 2. The predicted molar refractivity (Wildman–Crippen MR) is 124 cm³/mol. The summed E-state index contributed by atoms with van der Waals surface area (Å²) in [5.74, 6) is -0.849.